The number of rotatable bonds is 8. The van der Waals surface area contributed by atoms with Crippen LogP contribution in [0, 0.1) is 0 Å². The van der Waals surface area contributed by atoms with Crippen LogP contribution < -0.4 is 11.1 Å². The van der Waals surface area contributed by atoms with E-state index in [0.29, 0.717) is 0 Å². The van der Waals surface area contributed by atoms with Crippen LogP contribution in [-0.4, -0.2) is 6.21 Å². The first-order valence-electron chi connectivity index (χ1n) is 16.1. The summed E-state index contributed by atoms with van der Waals surface area (Å²) in [4.78, 5) is 5.03. The van der Waals surface area contributed by atoms with Crippen LogP contribution in [0.5, 0.6) is 0 Å². The molecule has 3 N–H and O–H groups in total. The van der Waals surface area contributed by atoms with Crippen molar-refractivity contribution >= 4 is 54.8 Å². The van der Waals surface area contributed by atoms with Gasteiger partial charge in [-0.15, -0.1) is 11.3 Å². The van der Waals surface area contributed by atoms with Gasteiger partial charge < -0.3 is 11.1 Å². The van der Waals surface area contributed by atoms with E-state index >= 15 is 0 Å². The number of nitrogen functional groups attached to an aromatic ring is 1. The molecule has 0 radical (unpaired) electrons. The number of para-hydroxylation sites is 1. The molecule has 0 spiro atoms. The fourth-order valence-electron chi connectivity index (χ4n) is 6.32. The van der Waals surface area contributed by atoms with Gasteiger partial charge in [0, 0.05) is 54.6 Å². The average molecular weight is 636 g/mol. The number of hydrogen-bond acceptors (Lipinski definition) is 4. The Morgan fingerprint density at radius 3 is 2.06 bits per heavy atom. The maximum absolute atomic E-state index is 6.39. The summed E-state index contributed by atoms with van der Waals surface area (Å²) >= 11 is 1.84. The Labute approximate surface area is 284 Å². The zero-order chi connectivity index (χ0) is 32.3. The fourth-order valence-corrected chi connectivity index (χ4v) is 7.45. The molecule has 230 valence electrons. The van der Waals surface area contributed by atoms with Gasteiger partial charge in [-0.25, -0.2) is 0 Å². The molecule has 0 aliphatic rings. The highest BCUT2D eigenvalue weighted by Gasteiger charge is 2.16. The lowest BCUT2D eigenvalue weighted by atomic mass is 9.97. The number of benzene rings is 7. The van der Waals surface area contributed by atoms with E-state index in [1.165, 1.54) is 42.4 Å². The summed E-state index contributed by atoms with van der Waals surface area (Å²) in [7, 11) is 0. The van der Waals surface area contributed by atoms with E-state index in [0.717, 1.165) is 33.8 Å². The van der Waals surface area contributed by atoms with Crippen LogP contribution in [0.2, 0.25) is 0 Å². The Hall–Kier alpha value is -5.97. The Morgan fingerprint density at radius 2 is 1.25 bits per heavy atom. The van der Waals surface area contributed by atoms with Crippen molar-refractivity contribution in [2.45, 2.75) is 6.04 Å². The first-order chi connectivity index (χ1) is 23.7. The van der Waals surface area contributed by atoms with Gasteiger partial charge in [0.1, 0.15) is 6.04 Å². The zero-order valence-electron chi connectivity index (χ0n) is 26.3. The minimum Gasteiger partial charge on any atom is -0.398 e. The molecule has 8 rings (SSSR count). The summed E-state index contributed by atoms with van der Waals surface area (Å²) in [6.07, 6.45) is 1.94. The SMILES string of the molecule is Nc1ccccc1C(N=Cc1ccc(Nc2cc3c(cc2-c2cccc(-c4ccccc4)c2)sc2ccccc23)cc1)c1ccccc1. The smallest absolute Gasteiger partial charge is 0.102 e. The van der Waals surface area contributed by atoms with Crippen LogP contribution in [0.25, 0.3) is 42.4 Å². The van der Waals surface area contributed by atoms with Gasteiger partial charge in [0.2, 0.25) is 0 Å². The molecule has 0 aliphatic heterocycles. The molecule has 0 aliphatic carbocycles. The van der Waals surface area contributed by atoms with Gasteiger partial charge in [-0.1, -0.05) is 127 Å². The van der Waals surface area contributed by atoms with Crippen LogP contribution in [0.3, 0.4) is 0 Å². The first kappa shape index (κ1) is 29.4. The molecule has 1 atom stereocenters. The lowest BCUT2D eigenvalue weighted by molar-refractivity contribution is 0.881. The third-order valence-corrected chi connectivity index (χ3v) is 9.90. The highest BCUT2D eigenvalue weighted by Crippen LogP contribution is 2.42. The molecule has 1 aromatic heterocycles. The van der Waals surface area contributed by atoms with Gasteiger partial charge in [0.25, 0.3) is 0 Å². The van der Waals surface area contributed by atoms with Crippen LogP contribution in [0.4, 0.5) is 17.1 Å². The number of thiophene rings is 1. The summed E-state index contributed by atoms with van der Waals surface area (Å²) < 4.78 is 2.57. The van der Waals surface area contributed by atoms with Gasteiger partial charge in [-0.3, -0.25) is 4.99 Å². The number of nitrogens with two attached hydrogens (primary N) is 1. The van der Waals surface area contributed by atoms with Crippen molar-refractivity contribution in [1.29, 1.82) is 0 Å². The number of anilines is 3. The van der Waals surface area contributed by atoms with E-state index in [2.05, 4.69) is 139 Å². The van der Waals surface area contributed by atoms with Crippen molar-refractivity contribution in [1.82, 2.24) is 0 Å². The molecule has 0 amide bonds. The Bertz CT molecular complexity index is 2380. The molecular formula is C44H33N3S. The largest absolute Gasteiger partial charge is 0.398 e. The second-order valence-corrected chi connectivity index (χ2v) is 13.0. The van der Waals surface area contributed by atoms with Crippen molar-refractivity contribution in [2.24, 2.45) is 4.99 Å². The number of fused-ring (bicyclic) bond motifs is 3. The molecule has 0 saturated heterocycles. The second kappa shape index (κ2) is 13.0. The number of nitrogens with zero attached hydrogens (tertiary/aromatic N) is 1. The van der Waals surface area contributed by atoms with E-state index < -0.39 is 0 Å². The lowest BCUT2D eigenvalue weighted by Gasteiger charge is -2.16. The number of nitrogens with one attached hydrogen (secondary N) is 1. The van der Waals surface area contributed by atoms with Crippen LogP contribution >= 0.6 is 11.3 Å². The fraction of sp³-hybridized carbons (Fsp3) is 0.0227. The molecule has 48 heavy (non-hydrogen) atoms. The highest BCUT2D eigenvalue weighted by atomic mass is 32.1. The van der Waals surface area contributed by atoms with E-state index in [-0.39, 0.29) is 6.04 Å². The van der Waals surface area contributed by atoms with Gasteiger partial charge in [-0.2, -0.15) is 0 Å². The first-order valence-corrected chi connectivity index (χ1v) is 16.9. The maximum atomic E-state index is 6.39. The molecular weight excluding hydrogens is 603 g/mol. The number of aliphatic imine (C=N–C) groups is 1. The normalized spacial score (nSPS) is 12.1. The van der Waals surface area contributed by atoms with Crippen molar-refractivity contribution in [3.8, 4) is 22.3 Å². The van der Waals surface area contributed by atoms with Crippen LogP contribution in [0.1, 0.15) is 22.7 Å². The molecule has 7 aromatic carbocycles. The van der Waals surface area contributed by atoms with Gasteiger partial charge in [0.05, 0.1) is 0 Å². The van der Waals surface area contributed by atoms with Crippen molar-refractivity contribution in [3.63, 3.8) is 0 Å². The zero-order valence-corrected chi connectivity index (χ0v) is 27.1. The van der Waals surface area contributed by atoms with E-state index in [4.69, 9.17) is 10.7 Å². The quantitative estimate of drug-likeness (QED) is 0.129. The van der Waals surface area contributed by atoms with E-state index in [1.54, 1.807) is 0 Å². The van der Waals surface area contributed by atoms with Gasteiger partial charge in [-0.05, 0) is 70.3 Å². The summed E-state index contributed by atoms with van der Waals surface area (Å²) in [5.74, 6) is 0. The van der Waals surface area contributed by atoms with Gasteiger partial charge >= 0.3 is 0 Å². The monoisotopic (exact) mass is 635 g/mol. The maximum Gasteiger partial charge on any atom is 0.102 e. The molecule has 0 saturated carbocycles. The predicted octanol–water partition coefficient (Wildman–Crippen LogP) is 11.9. The summed E-state index contributed by atoms with van der Waals surface area (Å²) in [5.41, 5.74) is 17.1. The second-order valence-electron chi connectivity index (χ2n) is 11.9. The molecule has 8 aromatic rings. The van der Waals surface area contributed by atoms with E-state index in [9.17, 15) is 0 Å². The minimum atomic E-state index is -0.188. The summed E-state index contributed by atoms with van der Waals surface area (Å²) in [6, 6.07) is 59.2. The highest BCUT2D eigenvalue weighted by molar-refractivity contribution is 7.25. The predicted molar refractivity (Wildman–Crippen MR) is 207 cm³/mol. The Kier molecular flexibility index (Phi) is 7.99. The number of hydrogen-bond donors (Lipinski definition) is 2. The summed E-state index contributed by atoms with van der Waals surface area (Å²) in [5, 5.41) is 6.31. The molecule has 4 heteroatoms. The van der Waals surface area contributed by atoms with Crippen molar-refractivity contribution in [3.05, 3.63) is 187 Å². The van der Waals surface area contributed by atoms with Crippen molar-refractivity contribution < 1.29 is 0 Å². The molecule has 0 fully saturated rings. The van der Waals surface area contributed by atoms with Crippen molar-refractivity contribution in [2.75, 3.05) is 11.1 Å². The molecule has 0 bridgehead atoms. The lowest BCUT2D eigenvalue weighted by Crippen LogP contribution is -2.03. The third kappa shape index (κ3) is 5.97. The van der Waals surface area contributed by atoms with Crippen LogP contribution in [-0.2, 0) is 0 Å². The molecule has 1 unspecified atom stereocenters. The van der Waals surface area contributed by atoms with E-state index in [1.807, 2.05) is 53.9 Å². The van der Waals surface area contributed by atoms with Gasteiger partial charge in [0.15, 0.2) is 0 Å². The Morgan fingerprint density at radius 1 is 0.562 bits per heavy atom. The molecule has 1 heterocycles. The Balaban J connectivity index is 1.14. The molecule has 3 nitrogen and oxygen atoms in total. The third-order valence-electron chi connectivity index (χ3n) is 8.77. The standard InChI is InChI=1S/C44H33N3S/c45-40-20-9-7-19-37(40)44(32-14-5-2-6-15-32)46-29-30-22-24-35(25-23-30)47-41-27-39-36-18-8-10-21-42(36)48-43(39)28-38(41)34-17-11-16-33(26-34)31-12-3-1-4-13-31/h1-29,44,47H,45H2. The van der Waals surface area contributed by atoms with Crippen LogP contribution in [0.15, 0.2) is 175 Å². The summed E-state index contributed by atoms with van der Waals surface area (Å²) in [6.45, 7) is 0. The minimum absolute atomic E-state index is 0.188. The average Bonchev–Trinajstić information content (AvgIpc) is 3.51. The topological polar surface area (TPSA) is 50.4 Å².